The number of aromatic nitrogens is 4. The predicted octanol–water partition coefficient (Wildman–Crippen LogP) is 3.35. The zero-order valence-electron chi connectivity index (χ0n) is 21.6. The van der Waals surface area contributed by atoms with E-state index in [-0.39, 0.29) is 5.54 Å². The Hall–Kier alpha value is -4.06. The highest BCUT2D eigenvalue weighted by molar-refractivity contribution is 5.76. The van der Waals surface area contributed by atoms with E-state index in [2.05, 4.69) is 36.3 Å². The Balaban J connectivity index is 1.32. The zero-order chi connectivity index (χ0) is 26.5. The number of aryl methyl sites for hydroxylation is 1. The molecule has 1 aromatic carbocycles. The Labute approximate surface area is 220 Å². The minimum atomic E-state index is -0.241. The lowest BCUT2D eigenvalue weighted by atomic mass is 9.89. The maximum atomic E-state index is 7.15. The first kappa shape index (κ1) is 25.6. The van der Waals surface area contributed by atoms with Crippen molar-refractivity contribution in [2.75, 3.05) is 32.1 Å². The van der Waals surface area contributed by atoms with Crippen molar-refractivity contribution in [3.63, 3.8) is 0 Å². The number of nitrogens with zero attached hydrogens (tertiary/aromatic N) is 5. The molecule has 0 bridgehead atoms. The highest BCUT2D eigenvalue weighted by Gasteiger charge is 2.31. The molecule has 38 heavy (non-hydrogen) atoms. The van der Waals surface area contributed by atoms with Crippen LogP contribution in [0.5, 0.6) is 11.5 Å². The number of nitrogens with two attached hydrogens (primary N) is 1. The minimum Gasteiger partial charge on any atom is -0.457 e. The first-order valence-corrected chi connectivity index (χ1v) is 12.5. The number of ether oxygens (including phenoxy) is 2. The number of methoxy groups -OCH3 is 1. The van der Waals surface area contributed by atoms with Crippen molar-refractivity contribution in [3.8, 4) is 11.5 Å². The van der Waals surface area contributed by atoms with E-state index in [4.69, 9.17) is 20.6 Å². The summed E-state index contributed by atoms with van der Waals surface area (Å²) in [4.78, 5) is 13.9. The largest absolute Gasteiger partial charge is 0.457 e. The van der Waals surface area contributed by atoms with Crippen molar-refractivity contribution in [1.82, 2.24) is 24.5 Å². The van der Waals surface area contributed by atoms with Crippen LogP contribution in [0.4, 0.5) is 11.5 Å². The molecular formula is C27H33N9O2. The van der Waals surface area contributed by atoms with Crippen LogP contribution in [0.2, 0.25) is 0 Å². The van der Waals surface area contributed by atoms with Crippen LogP contribution >= 0.6 is 0 Å². The van der Waals surface area contributed by atoms with Gasteiger partial charge < -0.3 is 25.5 Å². The van der Waals surface area contributed by atoms with Gasteiger partial charge >= 0.3 is 0 Å². The van der Waals surface area contributed by atoms with Gasteiger partial charge in [0, 0.05) is 56.4 Å². The second kappa shape index (κ2) is 11.1. The summed E-state index contributed by atoms with van der Waals surface area (Å²) in [6, 6.07) is 11.6. The van der Waals surface area contributed by atoms with Crippen LogP contribution in [0.3, 0.4) is 0 Å². The number of nitrogens with one attached hydrogen (secondary N) is 3. The molecule has 11 heteroatoms. The molecule has 5 rings (SSSR count). The van der Waals surface area contributed by atoms with Gasteiger partial charge in [-0.15, -0.1) is 0 Å². The lowest BCUT2D eigenvalue weighted by Crippen LogP contribution is -2.52. The first-order chi connectivity index (χ1) is 18.5. The van der Waals surface area contributed by atoms with Gasteiger partial charge in [-0.2, -0.15) is 5.10 Å². The maximum Gasteiger partial charge on any atom is 0.158 e. The van der Waals surface area contributed by atoms with Gasteiger partial charge in [0.1, 0.15) is 35.2 Å². The summed E-state index contributed by atoms with van der Waals surface area (Å²) >= 11 is 0. The number of likely N-dealkylation sites (tertiary alicyclic amines) is 1. The topological polar surface area (TPSA) is 142 Å². The smallest absolute Gasteiger partial charge is 0.158 e. The first-order valence-electron chi connectivity index (χ1n) is 12.5. The molecule has 198 valence electrons. The summed E-state index contributed by atoms with van der Waals surface area (Å²) in [7, 11) is 1.71. The fourth-order valence-corrected chi connectivity index (χ4v) is 4.81. The average Bonchev–Trinajstić information content (AvgIpc) is 3.31. The molecule has 3 aromatic heterocycles. The van der Waals surface area contributed by atoms with Crippen molar-refractivity contribution < 1.29 is 9.47 Å². The number of benzene rings is 1. The quantitative estimate of drug-likeness (QED) is 0.198. The van der Waals surface area contributed by atoms with E-state index in [1.54, 1.807) is 25.7 Å². The number of hydrogen-bond acceptors (Lipinski definition) is 8. The molecule has 1 saturated heterocycles. The molecule has 4 aromatic rings. The van der Waals surface area contributed by atoms with Gasteiger partial charge in [-0.25, -0.2) is 14.5 Å². The van der Waals surface area contributed by atoms with Gasteiger partial charge in [-0.3, -0.25) is 10.3 Å². The van der Waals surface area contributed by atoms with E-state index in [0.29, 0.717) is 17.8 Å². The highest BCUT2D eigenvalue weighted by atomic mass is 16.5. The number of aromatic amines is 1. The standard InChI is InChI=1S/C27H33N9O2/c1-19-13-21(3-4-23(19)38-22-5-9-30-24(14-22)31-17-28)34-26-25-20(6-10-36(25)33-18-32-26)15-35-11-7-27(29,8-12-35)16-37-2/h3-6,9-10,13-14,17-18H,7-8,11-12,15-16,29H2,1-2H3,(H2,28,30,31)(H,32,33,34). The van der Waals surface area contributed by atoms with Crippen LogP contribution in [0, 0.1) is 12.3 Å². The third-order valence-electron chi connectivity index (χ3n) is 6.84. The Morgan fingerprint density at radius 3 is 2.84 bits per heavy atom. The van der Waals surface area contributed by atoms with Crippen molar-refractivity contribution >= 4 is 23.4 Å². The predicted molar refractivity (Wildman–Crippen MR) is 146 cm³/mol. The van der Waals surface area contributed by atoms with E-state index in [9.17, 15) is 0 Å². The summed E-state index contributed by atoms with van der Waals surface area (Å²) in [6.07, 6.45) is 8.05. The summed E-state index contributed by atoms with van der Waals surface area (Å²) in [6.45, 7) is 5.23. The number of fused-ring (bicyclic) bond motifs is 1. The van der Waals surface area contributed by atoms with E-state index in [0.717, 1.165) is 72.7 Å². The highest BCUT2D eigenvalue weighted by Crippen LogP contribution is 2.30. The third-order valence-corrected chi connectivity index (χ3v) is 6.84. The SMILES string of the molecule is COCC1(N)CCN(Cc2ccn3ncnc(Nc4ccc(Oc5cc[nH]/c(=N\C=N)c5)c(C)c4)c23)CC1. The van der Waals surface area contributed by atoms with Gasteiger partial charge in [0.05, 0.1) is 6.61 Å². The van der Waals surface area contributed by atoms with Gasteiger partial charge in [-0.1, -0.05) is 0 Å². The van der Waals surface area contributed by atoms with Gasteiger partial charge in [0.25, 0.3) is 0 Å². The fourth-order valence-electron chi connectivity index (χ4n) is 4.81. The molecule has 0 radical (unpaired) electrons. The molecule has 0 spiro atoms. The minimum absolute atomic E-state index is 0.241. The summed E-state index contributed by atoms with van der Waals surface area (Å²) < 4.78 is 13.2. The van der Waals surface area contributed by atoms with E-state index in [1.807, 2.05) is 41.9 Å². The molecule has 11 nitrogen and oxygen atoms in total. The molecule has 0 saturated carbocycles. The molecule has 4 heterocycles. The molecular weight excluding hydrogens is 482 g/mol. The van der Waals surface area contributed by atoms with Crippen LogP contribution in [-0.2, 0) is 11.3 Å². The molecule has 1 fully saturated rings. The van der Waals surface area contributed by atoms with Crippen LogP contribution in [0.25, 0.3) is 5.52 Å². The molecule has 5 N–H and O–H groups in total. The Kier molecular flexibility index (Phi) is 7.50. The lowest BCUT2D eigenvalue weighted by Gasteiger charge is -2.38. The normalized spacial score (nSPS) is 16.0. The lowest BCUT2D eigenvalue weighted by molar-refractivity contribution is 0.0750. The van der Waals surface area contributed by atoms with Crippen molar-refractivity contribution in [1.29, 1.82) is 5.41 Å². The third kappa shape index (κ3) is 5.75. The maximum absolute atomic E-state index is 7.15. The van der Waals surface area contributed by atoms with Gasteiger partial charge in [0.15, 0.2) is 5.82 Å². The summed E-state index contributed by atoms with van der Waals surface area (Å²) in [5.74, 6) is 2.11. The molecule has 0 amide bonds. The van der Waals surface area contributed by atoms with Crippen molar-refractivity contribution in [2.24, 2.45) is 10.7 Å². The van der Waals surface area contributed by atoms with Crippen molar-refractivity contribution in [3.05, 3.63) is 71.7 Å². The number of anilines is 2. The second-order valence-corrected chi connectivity index (χ2v) is 9.69. The van der Waals surface area contributed by atoms with Gasteiger partial charge in [0.2, 0.25) is 0 Å². The summed E-state index contributed by atoms with van der Waals surface area (Å²) in [5, 5.41) is 15.0. The molecule has 0 atom stereocenters. The Morgan fingerprint density at radius 2 is 2.08 bits per heavy atom. The number of pyridine rings is 1. The van der Waals surface area contributed by atoms with Crippen LogP contribution < -0.4 is 21.3 Å². The van der Waals surface area contributed by atoms with E-state index < -0.39 is 0 Å². The molecule has 1 aliphatic rings. The zero-order valence-corrected chi connectivity index (χ0v) is 21.6. The van der Waals surface area contributed by atoms with Crippen LogP contribution in [0.15, 0.2) is 60.1 Å². The number of hydrogen-bond donors (Lipinski definition) is 4. The number of rotatable bonds is 9. The summed E-state index contributed by atoms with van der Waals surface area (Å²) in [5.41, 5.74) is 10.8. The molecule has 0 aliphatic carbocycles. The fraction of sp³-hybridized carbons (Fsp3) is 0.333. The van der Waals surface area contributed by atoms with Gasteiger partial charge in [-0.05, 0) is 61.2 Å². The van der Waals surface area contributed by atoms with E-state index in [1.165, 1.54) is 0 Å². The molecule has 1 aliphatic heterocycles. The second-order valence-electron chi connectivity index (χ2n) is 9.69. The number of piperidine rings is 1. The Bertz CT molecular complexity index is 1490. The van der Waals surface area contributed by atoms with Crippen LogP contribution in [-0.4, -0.2) is 63.2 Å². The van der Waals surface area contributed by atoms with Crippen LogP contribution in [0.1, 0.15) is 24.0 Å². The van der Waals surface area contributed by atoms with Crippen molar-refractivity contribution in [2.45, 2.75) is 31.8 Å². The average molecular weight is 516 g/mol. The number of H-pyrrole nitrogens is 1. The Morgan fingerprint density at radius 1 is 1.24 bits per heavy atom. The monoisotopic (exact) mass is 515 g/mol. The van der Waals surface area contributed by atoms with E-state index >= 15 is 0 Å². The molecule has 0 unspecified atom stereocenters.